The number of aliphatic hydroxyl groups excluding tert-OH is 4. The summed E-state index contributed by atoms with van der Waals surface area (Å²) in [4.78, 5) is 0. The molecule has 0 radical (unpaired) electrons. The average Bonchev–Trinajstić information content (AvgIpc) is 2.67. The van der Waals surface area contributed by atoms with Gasteiger partial charge in [0.25, 0.3) is 0 Å². The van der Waals surface area contributed by atoms with Crippen molar-refractivity contribution >= 4 is 0 Å². The van der Waals surface area contributed by atoms with Gasteiger partial charge in [-0.15, -0.1) is 0 Å². The molecule has 0 saturated heterocycles. The van der Waals surface area contributed by atoms with E-state index in [-0.39, 0.29) is 5.76 Å². The minimum Gasteiger partial charge on any atom is -0.466 e. The number of furan rings is 1. The Kier molecular flexibility index (Phi) is 3.44. The second-order valence-corrected chi connectivity index (χ2v) is 2.70. The molecule has 0 aromatic carbocycles. The highest BCUT2D eigenvalue weighted by Gasteiger charge is 2.26. The van der Waals surface area contributed by atoms with Gasteiger partial charge < -0.3 is 24.8 Å². The number of aliphatic hydroxyl groups is 4. The lowest BCUT2D eigenvalue weighted by Gasteiger charge is -2.19. The van der Waals surface area contributed by atoms with Crippen LogP contribution < -0.4 is 0 Å². The minimum absolute atomic E-state index is 0.153. The maximum absolute atomic E-state index is 9.36. The first-order chi connectivity index (χ1) is 6.16. The first-order valence-electron chi connectivity index (χ1n) is 3.85. The Morgan fingerprint density at radius 1 is 1.31 bits per heavy atom. The zero-order valence-electron chi connectivity index (χ0n) is 6.87. The van der Waals surface area contributed by atoms with Crippen LogP contribution in [0.1, 0.15) is 11.9 Å². The van der Waals surface area contributed by atoms with E-state index in [0.717, 1.165) is 0 Å². The van der Waals surface area contributed by atoms with Gasteiger partial charge in [-0.3, -0.25) is 0 Å². The van der Waals surface area contributed by atoms with Crippen molar-refractivity contribution in [3.05, 3.63) is 24.2 Å². The Morgan fingerprint density at radius 3 is 2.46 bits per heavy atom. The van der Waals surface area contributed by atoms with Crippen LogP contribution in [-0.4, -0.2) is 39.2 Å². The van der Waals surface area contributed by atoms with Gasteiger partial charge in [-0.2, -0.15) is 0 Å². The molecule has 0 aliphatic carbocycles. The van der Waals surface area contributed by atoms with E-state index >= 15 is 0 Å². The van der Waals surface area contributed by atoms with Crippen LogP contribution >= 0.6 is 0 Å². The third-order valence-corrected chi connectivity index (χ3v) is 1.74. The van der Waals surface area contributed by atoms with Crippen molar-refractivity contribution < 1.29 is 24.8 Å². The molecule has 1 rings (SSSR count). The summed E-state index contributed by atoms with van der Waals surface area (Å²) in [6.07, 6.45) is -2.80. The van der Waals surface area contributed by atoms with Crippen LogP contribution in [-0.2, 0) is 0 Å². The van der Waals surface area contributed by atoms with Gasteiger partial charge in [0.2, 0.25) is 0 Å². The molecule has 13 heavy (non-hydrogen) atoms. The Hall–Kier alpha value is -0.880. The molecule has 0 aliphatic rings. The van der Waals surface area contributed by atoms with E-state index in [9.17, 15) is 10.2 Å². The van der Waals surface area contributed by atoms with Crippen molar-refractivity contribution in [2.75, 3.05) is 6.61 Å². The molecule has 1 aromatic rings. The normalized spacial score (nSPS) is 18.2. The van der Waals surface area contributed by atoms with Crippen molar-refractivity contribution in [3.63, 3.8) is 0 Å². The quantitative estimate of drug-likeness (QED) is 0.487. The van der Waals surface area contributed by atoms with Crippen LogP contribution in [0, 0.1) is 0 Å². The molecule has 0 spiro atoms. The van der Waals surface area contributed by atoms with Crippen LogP contribution in [0.2, 0.25) is 0 Å². The van der Waals surface area contributed by atoms with E-state index in [0.29, 0.717) is 0 Å². The van der Waals surface area contributed by atoms with Gasteiger partial charge in [0.05, 0.1) is 12.9 Å². The predicted molar refractivity (Wildman–Crippen MR) is 42.8 cm³/mol. The number of hydrogen-bond acceptors (Lipinski definition) is 5. The third-order valence-electron chi connectivity index (χ3n) is 1.74. The fraction of sp³-hybridized carbons (Fsp3) is 0.500. The molecular weight excluding hydrogens is 176 g/mol. The zero-order valence-corrected chi connectivity index (χ0v) is 6.87. The second kappa shape index (κ2) is 4.38. The van der Waals surface area contributed by atoms with E-state index in [1.807, 2.05) is 0 Å². The van der Waals surface area contributed by atoms with Crippen LogP contribution in [0.4, 0.5) is 0 Å². The summed E-state index contributed by atoms with van der Waals surface area (Å²) >= 11 is 0. The van der Waals surface area contributed by atoms with Crippen molar-refractivity contribution in [1.29, 1.82) is 0 Å². The van der Waals surface area contributed by atoms with E-state index < -0.39 is 24.9 Å². The highest BCUT2D eigenvalue weighted by molar-refractivity contribution is 5.04. The summed E-state index contributed by atoms with van der Waals surface area (Å²) in [5, 5.41) is 36.1. The first kappa shape index (κ1) is 10.2. The Bertz CT molecular complexity index is 233. The molecule has 1 unspecified atom stereocenters. The highest BCUT2D eigenvalue weighted by Crippen LogP contribution is 2.18. The molecule has 4 N–H and O–H groups in total. The minimum atomic E-state index is -1.45. The van der Waals surface area contributed by atoms with Crippen molar-refractivity contribution in [2.24, 2.45) is 0 Å². The van der Waals surface area contributed by atoms with Gasteiger partial charge in [0, 0.05) is 0 Å². The topological polar surface area (TPSA) is 94.1 Å². The van der Waals surface area contributed by atoms with E-state index in [1.54, 1.807) is 6.07 Å². The molecule has 3 atom stereocenters. The van der Waals surface area contributed by atoms with Crippen LogP contribution in [0.15, 0.2) is 22.8 Å². The van der Waals surface area contributed by atoms with E-state index in [4.69, 9.17) is 14.6 Å². The summed E-state index contributed by atoms with van der Waals surface area (Å²) in [5.74, 6) is 0.153. The van der Waals surface area contributed by atoms with Gasteiger partial charge >= 0.3 is 0 Å². The maximum atomic E-state index is 9.36. The van der Waals surface area contributed by atoms with Crippen molar-refractivity contribution in [2.45, 2.75) is 18.3 Å². The lowest BCUT2D eigenvalue weighted by atomic mass is 10.1. The Labute approximate surface area is 74.9 Å². The molecule has 1 heterocycles. The Morgan fingerprint density at radius 2 is 2.00 bits per heavy atom. The zero-order chi connectivity index (χ0) is 9.84. The predicted octanol–water partition coefficient (Wildman–Crippen LogP) is -0.973. The van der Waals surface area contributed by atoms with Gasteiger partial charge in [-0.25, -0.2) is 0 Å². The molecule has 5 nitrogen and oxygen atoms in total. The average molecular weight is 188 g/mol. The molecule has 0 aliphatic heterocycles. The summed E-state index contributed by atoms with van der Waals surface area (Å²) < 4.78 is 4.81. The summed E-state index contributed by atoms with van der Waals surface area (Å²) in [6, 6.07) is 3.02. The molecule has 74 valence electrons. The van der Waals surface area contributed by atoms with Crippen LogP contribution in [0.3, 0.4) is 0 Å². The summed E-state index contributed by atoms with van der Waals surface area (Å²) in [5.41, 5.74) is 0. The lowest BCUT2D eigenvalue weighted by molar-refractivity contribution is -0.0836. The van der Waals surface area contributed by atoms with E-state index in [2.05, 4.69) is 0 Å². The number of rotatable bonds is 4. The summed E-state index contributed by atoms with van der Waals surface area (Å²) in [6.45, 7) is -0.612. The van der Waals surface area contributed by atoms with Gasteiger partial charge in [0.15, 0.2) is 0 Å². The Balaban J connectivity index is 2.62. The largest absolute Gasteiger partial charge is 0.466 e. The molecule has 5 heteroatoms. The standard InChI is InChI=1S/C8H12O5/c9-4-5(10)7(11)8(12)6-2-1-3-13-6/h1-3,5,7-12H,4H2/t5-,7-,8?/m1/s1. The third kappa shape index (κ3) is 2.28. The molecular formula is C8H12O5. The monoisotopic (exact) mass is 188 g/mol. The summed E-state index contributed by atoms with van der Waals surface area (Å²) in [7, 11) is 0. The van der Waals surface area contributed by atoms with Crippen molar-refractivity contribution in [1.82, 2.24) is 0 Å². The fourth-order valence-corrected chi connectivity index (χ4v) is 0.946. The number of hydrogen-bond donors (Lipinski definition) is 4. The van der Waals surface area contributed by atoms with Gasteiger partial charge in [-0.05, 0) is 12.1 Å². The second-order valence-electron chi connectivity index (χ2n) is 2.70. The fourth-order valence-electron chi connectivity index (χ4n) is 0.946. The van der Waals surface area contributed by atoms with Gasteiger partial charge in [-0.1, -0.05) is 0 Å². The molecule has 0 saturated carbocycles. The first-order valence-corrected chi connectivity index (χ1v) is 3.85. The van der Waals surface area contributed by atoms with Crippen LogP contribution in [0.25, 0.3) is 0 Å². The van der Waals surface area contributed by atoms with Crippen LogP contribution in [0.5, 0.6) is 0 Å². The van der Waals surface area contributed by atoms with Crippen molar-refractivity contribution in [3.8, 4) is 0 Å². The maximum Gasteiger partial charge on any atom is 0.140 e. The smallest absolute Gasteiger partial charge is 0.140 e. The molecule has 1 aromatic heterocycles. The van der Waals surface area contributed by atoms with E-state index in [1.165, 1.54) is 12.3 Å². The molecule has 0 amide bonds. The molecule has 0 fully saturated rings. The SMILES string of the molecule is OC[C@@H](O)[C@@H](O)C(O)c1ccco1. The lowest BCUT2D eigenvalue weighted by Crippen LogP contribution is -2.34. The molecule has 0 bridgehead atoms. The highest BCUT2D eigenvalue weighted by atomic mass is 16.4. The van der Waals surface area contributed by atoms with Gasteiger partial charge in [0.1, 0.15) is 24.1 Å².